The zero-order chi connectivity index (χ0) is 14.7. The van der Waals surface area contributed by atoms with Gasteiger partial charge in [-0.1, -0.05) is 33.1 Å². The summed E-state index contributed by atoms with van der Waals surface area (Å²) in [5.41, 5.74) is 0. The molecule has 0 spiro atoms. The minimum absolute atomic E-state index is 0.406. The van der Waals surface area contributed by atoms with Crippen LogP contribution in [0.2, 0.25) is 0 Å². The van der Waals surface area contributed by atoms with Crippen LogP contribution in [0.5, 0.6) is 0 Å². The molecule has 4 heteroatoms. The number of carbonyl (C=O) groups is 1. The summed E-state index contributed by atoms with van der Waals surface area (Å²) in [5.74, 6) is 1.77. The number of carboxylic acid groups (broad SMARTS) is 1. The lowest BCUT2D eigenvalue weighted by molar-refractivity contribution is -0.143. The van der Waals surface area contributed by atoms with Crippen LogP contribution >= 0.6 is 0 Å². The lowest BCUT2D eigenvalue weighted by Crippen LogP contribution is -2.41. The van der Waals surface area contributed by atoms with Gasteiger partial charge in [-0.3, -0.25) is 9.69 Å². The Balaban J connectivity index is 4.15. The molecule has 0 fully saturated rings. The molecule has 0 bridgehead atoms. The second-order valence-corrected chi connectivity index (χ2v) is 4.64. The highest BCUT2D eigenvalue weighted by molar-refractivity contribution is 5.73. The Hall–Kier alpha value is -1.05. The first-order chi connectivity index (χ1) is 9.10. The minimum Gasteiger partial charge on any atom is -0.480 e. The maximum atomic E-state index is 11.3. The van der Waals surface area contributed by atoms with Gasteiger partial charge in [-0.2, -0.15) is 0 Å². The molecule has 0 heterocycles. The van der Waals surface area contributed by atoms with E-state index < -0.39 is 12.0 Å². The van der Waals surface area contributed by atoms with Crippen molar-refractivity contribution < 1.29 is 9.90 Å². The number of hydrogen-bond acceptors (Lipinski definition) is 3. The van der Waals surface area contributed by atoms with Crippen LogP contribution in [0.15, 0.2) is 0 Å². The molecule has 0 radical (unpaired) electrons. The summed E-state index contributed by atoms with van der Waals surface area (Å²) in [4.78, 5) is 15.5. The van der Waals surface area contributed by atoms with Crippen molar-refractivity contribution in [2.24, 2.45) is 0 Å². The summed E-state index contributed by atoms with van der Waals surface area (Å²) >= 11 is 0. The van der Waals surface area contributed by atoms with Crippen LogP contribution in [-0.2, 0) is 4.79 Å². The highest BCUT2D eigenvalue weighted by Crippen LogP contribution is 2.10. The number of likely N-dealkylation sites (N-methyl/N-ethyl adjacent to an activating group) is 1. The largest absolute Gasteiger partial charge is 0.480 e. The highest BCUT2D eigenvalue weighted by Gasteiger charge is 2.23. The maximum absolute atomic E-state index is 11.3. The summed E-state index contributed by atoms with van der Waals surface area (Å²) < 4.78 is 0. The standard InChI is InChI=1S/C15H28N2O2/c1-5-12-17(8-4)14(15(18)19)11-9-10-13-16(6-2)7-3/h1,14H,6-13H2,2-4H3,(H,18,19). The Morgan fingerprint density at radius 2 is 1.84 bits per heavy atom. The molecule has 110 valence electrons. The van der Waals surface area contributed by atoms with Crippen molar-refractivity contribution in [2.45, 2.75) is 46.1 Å². The molecule has 0 aliphatic heterocycles. The number of nitrogens with zero attached hydrogens (tertiary/aromatic N) is 2. The Bertz CT molecular complexity index is 282. The van der Waals surface area contributed by atoms with Crippen LogP contribution in [0.4, 0.5) is 0 Å². The molecule has 0 aliphatic rings. The summed E-state index contributed by atoms with van der Waals surface area (Å²) in [6.07, 6.45) is 7.92. The topological polar surface area (TPSA) is 43.8 Å². The SMILES string of the molecule is C#CCN(CC)C(CCCCN(CC)CC)C(=O)O. The molecule has 0 aromatic rings. The summed E-state index contributed by atoms with van der Waals surface area (Å²) in [6.45, 7) is 10.5. The molecule has 0 amide bonds. The van der Waals surface area contributed by atoms with E-state index in [2.05, 4.69) is 24.7 Å². The van der Waals surface area contributed by atoms with E-state index in [0.717, 1.165) is 32.5 Å². The Kier molecular flexibility index (Phi) is 10.2. The van der Waals surface area contributed by atoms with E-state index in [4.69, 9.17) is 6.42 Å². The van der Waals surface area contributed by atoms with Crippen LogP contribution in [0.25, 0.3) is 0 Å². The Morgan fingerprint density at radius 3 is 2.26 bits per heavy atom. The quantitative estimate of drug-likeness (QED) is 0.459. The molecule has 0 saturated carbocycles. The minimum atomic E-state index is -0.764. The van der Waals surface area contributed by atoms with Gasteiger partial charge < -0.3 is 10.0 Å². The van der Waals surface area contributed by atoms with E-state index in [0.29, 0.717) is 19.5 Å². The molecule has 0 rings (SSSR count). The summed E-state index contributed by atoms with van der Waals surface area (Å²) in [6, 6.07) is -0.447. The van der Waals surface area contributed by atoms with Crippen LogP contribution < -0.4 is 0 Å². The van der Waals surface area contributed by atoms with Crippen LogP contribution in [0.1, 0.15) is 40.0 Å². The third-order valence-corrected chi connectivity index (χ3v) is 3.52. The second-order valence-electron chi connectivity index (χ2n) is 4.64. The average molecular weight is 268 g/mol. The predicted molar refractivity (Wildman–Crippen MR) is 79.1 cm³/mol. The fourth-order valence-corrected chi connectivity index (χ4v) is 2.23. The van der Waals surface area contributed by atoms with Gasteiger partial charge >= 0.3 is 5.97 Å². The van der Waals surface area contributed by atoms with E-state index >= 15 is 0 Å². The fraction of sp³-hybridized carbons (Fsp3) is 0.800. The number of hydrogen-bond donors (Lipinski definition) is 1. The maximum Gasteiger partial charge on any atom is 0.320 e. The molecule has 1 N–H and O–H groups in total. The van der Waals surface area contributed by atoms with E-state index in [9.17, 15) is 9.90 Å². The van der Waals surface area contributed by atoms with Crippen molar-refractivity contribution in [3.05, 3.63) is 0 Å². The van der Waals surface area contributed by atoms with E-state index in [1.807, 2.05) is 11.8 Å². The van der Waals surface area contributed by atoms with Gasteiger partial charge in [0.15, 0.2) is 0 Å². The number of terminal acetylenes is 1. The van der Waals surface area contributed by atoms with Crippen LogP contribution in [0, 0.1) is 12.3 Å². The molecule has 0 aromatic carbocycles. The first-order valence-electron chi connectivity index (χ1n) is 7.23. The highest BCUT2D eigenvalue weighted by atomic mass is 16.4. The van der Waals surface area contributed by atoms with E-state index in [1.54, 1.807) is 0 Å². The number of unbranched alkanes of at least 4 members (excludes halogenated alkanes) is 1. The van der Waals surface area contributed by atoms with Gasteiger partial charge in [-0.05, 0) is 39.0 Å². The predicted octanol–water partition coefficient (Wildman–Crippen LogP) is 1.91. The molecule has 19 heavy (non-hydrogen) atoms. The van der Waals surface area contributed by atoms with Crippen molar-refractivity contribution >= 4 is 5.97 Å². The Morgan fingerprint density at radius 1 is 1.21 bits per heavy atom. The van der Waals surface area contributed by atoms with E-state index in [-0.39, 0.29) is 0 Å². The monoisotopic (exact) mass is 268 g/mol. The van der Waals surface area contributed by atoms with Crippen LogP contribution in [-0.4, -0.2) is 59.6 Å². The van der Waals surface area contributed by atoms with Crippen LogP contribution in [0.3, 0.4) is 0 Å². The number of aliphatic carboxylic acids is 1. The third-order valence-electron chi connectivity index (χ3n) is 3.52. The lowest BCUT2D eigenvalue weighted by atomic mass is 10.1. The van der Waals surface area contributed by atoms with Gasteiger partial charge in [0.1, 0.15) is 6.04 Å². The van der Waals surface area contributed by atoms with Crippen molar-refractivity contribution in [3.8, 4) is 12.3 Å². The molecule has 0 aromatic heterocycles. The van der Waals surface area contributed by atoms with Crippen molar-refractivity contribution in [1.82, 2.24) is 9.80 Å². The van der Waals surface area contributed by atoms with Crippen molar-refractivity contribution in [2.75, 3.05) is 32.7 Å². The zero-order valence-corrected chi connectivity index (χ0v) is 12.6. The van der Waals surface area contributed by atoms with Gasteiger partial charge in [0.25, 0.3) is 0 Å². The molecule has 0 aliphatic carbocycles. The average Bonchev–Trinajstić information content (AvgIpc) is 2.40. The first kappa shape index (κ1) is 17.9. The fourth-order valence-electron chi connectivity index (χ4n) is 2.23. The van der Waals surface area contributed by atoms with Gasteiger partial charge in [0, 0.05) is 0 Å². The van der Waals surface area contributed by atoms with E-state index in [1.165, 1.54) is 0 Å². The molecule has 1 atom stereocenters. The smallest absolute Gasteiger partial charge is 0.320 e. The summed E-state index contributed by atoms with van der Waals surface area (Å²) in [5, 5.41) is 9.28. The molecule has 0 saturated heterocycles. The van der Waals surface area contributed by atoms with Gasteiger partial charge in [0.05, 0.1) is 6.54 Å². The normalized spacial score (nSPS) is 12.6. The molecular formula is C15H28N2O2. The number of carboxylic acids is 1. The molecule has 4 nitrogen and oxygen atoms in total. The first-order valence-corrected chi connectivity index (χ1v) is 7.23. The molecular weight excluding hydrogens is 240 g/mol. The lowest BCUT2D eigenvalue weighted by Gasteiger charge is -2.26. The van der Waals surface area contributed by atoms with Gasteiger partial charge in [-0.25, -0.2) is 0 Å². The molecule has 1 unspecified atom stereocenters. The van der Waals surface area contributed by atoms with Crippen molar-refractivity contribution in [1.29, 1.82) is 0 Å². The summed E-state index contributed by atoms with van der Waals surface area (Å²) in [7, 11) is 0. The third kappa shape index (κ3) is 7.19. The van der Waals surface area contributed by atoms with Gasteiger partial charge in [0.2, 0.25) is 0 Å². The Labute approximate surface area is 117 Å². The van der Waals surface area contributed by atoms with Gasteiger partial charge in [-0.15, -0.1) is 6.42 Å². The second kappa shape index (κ2) is 10.8. The van der Waals surface area contributed by atoms with Crippen molar-refractivity contribution in [3.63, 3.8) is 0 Å². The zero-order valence-electron chi connectivity index (χ0n) is 12.6. The number of rotatable bonds is 11.